The number of aliphatic hydroxyl groups excluding tert-OH is 1. The van der Waals surface area contributed by atoms with Gasteiger partial charge in [-0.3, -0.25) is 0 Å². The number of carbonyl (C=O) groups excluding carboxylic acids is 1. The molecular weight excluding hydrogens is 280 g/mol. The van der Waals surface area contributed by atoms with E-state index in [4.69, 9.17) is 9.84 Å². The van der Waals surface area contributed by atoms with E-state index in [1.54, 1.807) is 7.11 Å². The summed E-state index contributed by atoms with van der Waals surface area (Å²) in [6.07, 6.45) is 3.99. The van der Waals surface area contributed by atoms with Crippen LogP contribution < -0.4 is 15.4 Å². The Labute approximate surface area is 132 Å². The number of aliphatic hydroxyl groups is 1. The number of rotatable bonds is 6. The molecular formula is C17H26N2O3. The van der Waals surface area contributed by atoms with Crippen molar-refractivity contribution in [3.05, 3.63) is 29.3 Å². The molecule has 1 aliphatic carbocycles. The molecule has 2 amide bonds. The van der Waals surface area contributed by atoms with E-state index in [-0.39, 0.29) is 18.7 Å². The van der Waals surface area contributed by atoms with Crippen molar-refractivity contribution >= 4 is 6.03 Å². The van der Waals surface area contributed by atoms with Crippen molar-refractivity contribution in [1.82, 2.24) is 10.6 Å². The zero-order valence-electron chi connectivity index (χ0n) is 13.4. The third kappa shape index (κ3) is 4.13. The number of methoxy groups -OCH3 is 1. The predicted octanol–water partition coefficient (Wildman–Crippen LogP) is 2.19. The molecule has 0 aromatic heterocycles. The van der Waals surface area contributed by atoms with Gasteiger partial charge in [0.15, 0.2) is 0 Å². The lowest BCUT2D eigenvalue weighted by atomic mass is 9.82. The average Bonchev–Trinajstić information content (AvgIpc) is 2.57. The summed E-state index contributed by atoms with van der Waals surface area (Å²) in [5, 5.41) is 14.8. The van der Waals surface area contributed by atoms with Gasteiger partial charge >= 0.3 is 6.03 Å². The molecule has 3 N–H and O–H groups in total. The van der Waals surface area contributed by atoms with Gasteiger partial charge in [-0.25, -0.2) is 4.79 Å². The van der Waals surface area contributed by atoms with Crippen molar-refractivity contribution in [3.63, 3.8) is 0 Å². The standard InChI is InChI=1S/C17H26N2O3/c1-3-14(11-20)19-17(21)18-10-13-6-4-5-12-9-15(22-2)7-8-16(12)13/h7-9,13-14,20H,3-6,10-11H2,1-2H3,(H2,18,19,21)/t13-,14+/m0/s1. The van der Waals surface area contributed by atoms with Gasteiger partial charge in [0.1, 0.15) is 5.75 Å². The molecule has 0 radical (unpaired) electrons. The molecule has 0 aliphatic heterocycles. The van der Waals surface area contributed by atoms with E-state index in [0.717, 1.165) is 31.4 Å². The Morgan fingerprint density at radius 2 is 2.32 bits per heavy atom. The smallest absolute Gasteiger partial charge is 0.315 e. The van der Waals surface area contributed by atoms with Gasteiger partial charge in [-0.05, 0) is 48.9 Å². The van der Waals surface area contributed by atoms with Crippen LogP contribution in [0.25, 0.3) is 0 Å². The number of ether oxygens (including phenoxy) is 1. The first-order valence-corrected chi connectivity index (χ1v) is 8.00. The maximum Gasteiger partial charge on any atom is 0.315 e. The second-order valence-electron chi connectivity index (χ2n) is 5.80. The molecule has 2 atom stereocenters. The Bertz CT molecular complexity index is 501. The predicted molar refractivity (Wildman–Crippen MR) is 86.4 cm³/mol. The first kappa shape index (κ1) is 16.6. The van der Waals surface area contributed by atoms with Crippen LogP contribution in [0.2, 0.25) is 0 Å². The second-order valence-corrected chi connectivity index (χ2v) is 5.80. The highest BCUT2D eigenvalue weighted by atomic mass is 16.5. The quantitative estimate of drug-likeness (QED) is 0.754. The maximum absolute atomic E-state index is 11.9. The number of urea groups is 1. The Morgan fingerprint density at radius 1 is 1.50 bits per heavy atom. The van der Waals surface area contributed by atoms with Gasteiger partial charge in [-0.1, -0.05) is 13.0 Å². The van der Waals surface area contributed by atoms with Gasteiger partial charge in [0.05, 0.1) is 19.8 Å². The molecule has 5 heteroatoms. The fourth-order valence-corrected chi connectivity index (χ4v) is 2.96. The number of hydrogen-bond donors (Lipinski definition) is 3. The number of amides is 2. The third-order valence-electron chi connectivity index (χ3n) is 4.35. The SMILES string of the molecule is CC[C@H](CO)NC(=O)NC[C@@H]1CCCc2cc(OC)ccc21. The number of fused-ring (bicyclic) bond motifs is 1. The summed E-state index contributed by atoms with van der Waals surface area (Å²) < 4.78 is 5.28. The maximum atomic E-state index is 11.9. The molecule has 0 saturated heterocycles. The van der Waals surface area contributed by atoms with Crippen LogP contribution >= 0.6 is 0 Å². The molecule has 1 aliphatic rings. The van der Waals surface area contributed by atoms with Crippen molar-refractivity contribution in [2.75, 3.05) is 20.3 Å². The molecule has 5 nitrogen and oxygen atoms in total. The molecule has 0 unspecified atom stereocenters. The van der Waals surface area contributed by atoms with Crippen LogP contribution in [-0.2, 0) is 6.42 Å². The summed E-state index contributed by atoms with van der Waals surface area (Å²) >= 11 is 0. The first-order chi connectivity index (χ1) is 10.7. The number of aryl methyl sites for hydroxylation is 1. The van der Waals surface area contributed by atoms with Crippen molar-refractivity contribution in [2.45, 2.75) is 44.6 Å². The third-order valence-corrected chi connectivity index (χ3v) is 4.35. The molecule has 1 aromatic rings. The van der Waals surface area contributed by atoms with Crippen LogP contribution in [0.1, 0.15) is 43.2 Å². The van der Waals surface area contributed by atoms with Crippen molar-refractivity contribution in [3.8, 4) is 5.75 Å². The zero-order valence-corrected chi connectivity index (χ0v) is 13.4. The van der Waals surface area contributed by atoms with Gasteiger partial charge in [0.25, 0.3) is 0 Å². The molecule has 0 heterocycles. The monoisotopic (exact) mass is 306 g/mol. The number of carbonyl (C=O) groups is 1. The van der Waals surface area contributed by atoms with E-state index < -0.39 is 0 Å². The fourth-order valence-electron chi connectivity index (χ4n) is 2.96. The second kappa shape index (κ2) is 8.03. The lowest BCUT2D eigenvalue weighted by molar-refractivity contribution is 0.214. The number of nitrogens with one attached hydrogen (secondary N) is 2. The van der Waals surface area contributed by atoms with E-state index >= 15 is 0 Å². The fraction of sp³-hybridized carbons (Fsp3) is 0.588. The molecule has 22 heavy (non-hydrogen) atoms. The van der Waals surface area contributed by atoms with Gasteiger partial charge in [0.2, 0.25) is 0 Å². The highest BCUT2D eigenvalue weighted by molar-refractivity contribution is 5.74. The van der Waals surface area contributed by atoms with Crippen LogP contribution in [-0.4, -0.2) is 37.4 Å². The molecule has 0 fully saturated rings. The Hall–Kier alpha value is -1.75. The number of hydrogen-bond acceptors (Lipinski definition) is 3. The largest absolute Gasteiger partial charge is 0.497 e. The minimum Gasteiger partial charge on any atom is -0.497 e. The van der Waals surface area contributed by atoms with Gasteiger partial charge in [0, 0.05) is 12.5 Å². The summed E-state index contributed by atoms with van der Waals surface area (Å²) in [7, 11) is 1.68. The van der Waals surface area contributed by atoms with Crippen LogP contribution in [0.5, 0.6) is 5.75 Å². The summed E-state index contributed by atoms with van der Waals surface area (Å²) in [4.78, 5) is 11.9. The van der Waals surface area contributed by atoms with E-state index in [1.807, 2.05) is 13.0 Å². The van der Waals surface area contributed by atoms with Crippen LogP contribution in [0.3, 0.4) is 0 Å². The van der Waals surface area contributed by atoms with Crippen LogP contribution in [0, 0.1) is 0 Å². The van der Waals surface area contributed by atoms with Crippen LogP contribution in [0.15, 0.2) is 18.2 Å². The van der Waals surface area contributed by atoms with Gasteiger partial charge in [-0.15, -0.1) is 0 Å². The summed E-state index contributed by atoms with van der Waals surface area (Å²) in [6.45, 7) is 2.52. The summed E-state index contributed by atoms with van der Waals surface area (Å²) in [5.41, 5.74) is 2.63. The topological polar surface area (TPSA) is 70.6 Å². The summed E-state index contributed by atoms with van der Waals surface area (Å²) in [6, 6.07) is 5.81. The van der Waals surface area contributed by atoms with Crippen LogP contribution in [0.4, 0.5) is 4.79 Å². The molecule has 2 rings (SSSR count). The first-order valence-electron chi connectivity index (χ1n) is 8.00. The highest BCUT2D eigenvalue weighted by Crippen LogP contribution is 2.33. The number of benzene rings is 1. The Kier molecular flexibility index (Phi) is 6.07. The van der Waals surface area contributed by atoms with Crippen molar-refractivity contribution in [2.24, 2.45) is 0 Å². The van der Waals surface area contributed by atoms with E-state index in [9.17, 15) is 4.79 Å². The summed E-state index contributed by atoms with van der Waals surface area (Å²) in [5.74, 6) is 1.23. The van der Waals surface area contributed by atoms with E-state index in [2.05, 4.69) is 22.8 Å². The van der Waals surface area contributed by atoms with Crippen molar-refractivity contribution in [1.29, 1.82) is 0 Å². The molecule has 122 valence electrons. The Balaban J connectivity index is 1.93. The minimum absolute atomic E-state index is 0.0318. The molecule has 1 aromatic carbocycles. The van der Waals surface area contributed by atoms with E-state index in [1.165, 1.54) is 11.1 Å². The highest BCUT2D eigenvalue weighted by Gasteiger charge is 2.21. The van der Waals surface area contributed by atoms with Gasteiger partial charge < -0.3 is 20.5 Å². The molecule has 0 bridgehead atoms. The average molecular weight is 306 g/mol. The molecule has 0 saturated carbocycles. The van der Waals surface area contributed by atoms with E-state index in [0.29, 0.717) is 12.5 Å². The lowest BCUT2D eigenvalue weighted by Crippen LogP contribution is -2.44. The van der Waals surface area contributed by atoms with Gasteiger partial charge in [-0.2, -0.15) is 0 Å². The Morgan fingerprint density at radius 3 is 3.00 bits per heavy atom. The van der Waals surface area contributed by atoms with Crippen molar-refractivity contribution < 1.29 is 14.6 Å². The lowest BCUT2D eigenvalue weighted by Gasteiger charge is -2.26. The normalized spacial score (nSPS) is 18.2. The zero-order chi connectivity index (χ0) is 15.9. The molecule has 0 spiro atoms. The minimum atomic E-state index is -0.207.